The molecule has 0 aliphatic carbocycles. The van der Waals surface area contributed by atoms with E-state index in [0.717, 1.165) is 29.9 Å². The van der Waals surface area contributed by atoms with Gasteiger partial charge in [0.2, 0.25) is 0 Å². The van der Waals surface area contributed by atoms with Crippen molar-refractivity contribution in [3.05, 3.63) is 54.1 Å². The quantitative estimate of drug-likeness (QED) is 0.422. The number of nitrogens with one attached hydrogen (secondary N) is 1. The predicted octanol–water partition coefficient (Wildman–Crippen LogP) is 3.65. The number of imidazole rings is 1. The maximum absolute atomic E-state index is 12.5. The summed E-state index contributed by atoms with van der Waals surface area (Å²) in [5.41, 5.74) is 2.84. The number of fused-ring (bicyclic) bond motifs is 1. The van der Waals surface area contributed by atoms with Crippen molar-refractivity contribution in [1.29, 1.82) is 0 Å². The van der Waals surface area contributed by atoms with Gasteiger partial charge < -0.3 is 14.8 Å². The highest BCUT2D eigenvalue weighted by atomic mass is 19.3. The molecule has 0 radical (unpaired) electrons. The minimum atomic E-state index is -2.63. The molecule has 1 amide bonds. The van der Waals surface area contributed by atoms with Gasteiger partial charge in [0, 0.05) is 43.3 Å². The summed E-state index contributed by atoms with van der Waals surface area (Å²) in [6, 6.07) is 8.36. The Labute approximate surface area is 207 Å². The van der Waals surface area contributed by atoms with E-state index in [2.05, 4.69) is 34.1 Å². The molecule has 5 rings (SSSR count). The molecule has 5 heterocycles. The van der Waals surface area contributed by atoms with Gasteiger partial charge in [0.05, 0.1) is 24.3 Å². The topological polar surface area (TPSA) is 93.8 Å². The van der Waals surface area contributed by atoms with Gasteiger partial charge in [0.25, 0.3) is 12.3 Å². The first kappa shape index (κ1) is 23.8. The van der Waals surface area contributed by atoms with Crippen LogP contribution in [0.2, 0.25) is 0 Å². The first-order valence-corrected chi connectivity index (χ1v) is 12.0. The van der Waals surface area contributed by atoms with Crippen LogP contribution in [-0.2, 0) is 13.6 Å². The fourth-order valence-corrected chi connectivity index (χ4v) is 4.80. The van der Waals surface area contributed by atoms with Crippen LogP contribution in [0.3, 0.4) is 0 Å². The highest BCUT2D eigenvalue weighted by molar-refractivity contribution is 5.96. The van der Waals surface area contributed by atoms with E-state index in [1.807, 2.05) is 36.0 Å². The van der Waals surface area contributed by atoms with E-state index >= 15 is 0 Å². The maximum atomic E-state index is 12.5. The molecule has 4 aromatic rings. The number of nitrogens with zero attached hydrogens (tertiary/aromatic N) is 7. The van der Waals surface area contributed by atoms with E-state index < -0.39 is 18.9 Å². The van der Waals surface area contributed by atoms with Crippen molar-refractivity contribution >= 4 is 22.9 Å². The number of halogens is 2. The van der Waals surface area contributed by atoms with Crippen LogP contribution < -0.4 is 10.2 Å². The molecule has 188 valence electrons. The molecule has 1 N–H and O–H groups in total. The molecule has 4 aromatic heterocycles. The van der Waals surface area contributed by atoms with Gasteiger partial charge >= 0.3 is 0 Å². The largest absolute Gasteiger partial charge is 0.351 e. The summed E-state index contributed by atoms with van der Waals surface area (Å²) >= 11 is 0. The van der Waals surface area contributed by atoms with E-state index in [0.29, 0.717) is 35.6 Å². The minimum absolute atomic E-state index is 0.169. The van der Waals surface area contributed by atoms with Gasteiger partial charge in [0.1, 0.15) is 17.2 Å². The summed E-state index contributed by atoms with van der Waals surface area (Å²) in [6.07, 6.45) is 4.70. The summed E-state index contributed by atoms with van der Waals surface area (Å²) in [7, 11) is 1.85. The van der Waals surface area contributed by atoms with E-state index in [-0.39, 0.29) is 5.56 Å². The lowest BCUT2D eigenvalue weighted by Gasteiger charge is -2.27. The second-order valence-electron chi connectivity index (χ2n) is 9.26. The lowest BCUT2D eigenvalue weighted by molar-refractivity contribution is 0.0891. The van der Waals surface area contributed by atoms with E-state index in [9.17, 15) is 13.6 Å². The molecule has 0 spiro atoms. The van der Waals surface area contributed by atoms with Crippen molar-refractivity contribution in [1.82, 2.24) is 34.6 Å². The number of pyridine rings is 2. The normalized spacial score (nSPS) is 17.9. The van der Waals surface area contributed by atoms with Crippen molar-refractivity contribution in [2.75, 3.05) is 11.4 Å². The van der Waals surface area contributed by atoms with Gasteiger partial charge in [-0.05, 0) is 51.0 Å². The lowest BCUT2D eigenvalue weighted by Crippen LogP contribution is -2.33. The summed E-state index contributed by atoms with van der Waals surface area (Å²) in [5, 5.41) is 6.69. The van der Waals surface area contributed by atoms with Crippen LogP contribution >= 0.6 is 0 Å². The summed E-state index contributed by atoms with van der Waals surface area (Å²) in [6.45, 7) is 4.12. The molecule has 0 saturated carbocycles. The molecule has 1 aliphatic rings. The fraction of sp³-hybridized carbons (Fsp3) is 0.400. The molecule has 9 nitrogen and oxygen atoms in total. The Morgan fingerprint density at radius 3 is 2.56 bits per heavy atom. The molecule has 11 heteroatoms. The Morgan fingerprint density at radius 1 is 1.14 bits per heavy atom. The van der Waals surface area contributed by atoms with Crippen molar-refractivity contribution in [3.63, 3.8) is 0 Å². The molecular formula is C25H28F2N8O. The van der Waals surface area contributed by atoms with E-state index in [1.165, 1.54) is 6.20 Å². The average Bonchev–Trinajstić information content (AvgIpc) is 3.54. The van der Waals surface area contributed by atoms with Gasteiger partial charge in [-0.15, -0.1) is 0 Å². The van der Waals surface area contributed by atoms with Crippen molar-refractivity contribution in [3.8, 4) is 11.4 Å². The fourth-order valence-electron chi connectivity index (χ4n) is 4.80. The van der Waals surface area contributed by atoms with Crippen LogP contribution in [0.4, 0.5) is 14.6 Å². The van der Waals surface area contributed by atoms with Crippen LogP contribution in [0, 0.1) is 0 Å². The van der Waals surface area contributed by atoms with Crippen LogP contribution in [0.5, 0.6) is 0 Å². The monoisotopic (exact) mass is 494 g/mol. The molecular weight excluding hydrogens is 466 g/mol. The summed E-state index contributed by atoms with van der Waals surface area (Å²) in [5.74, 6) is 0.944. The minimum Gasteiger partial charge on any atom is -0.351 e. The maximum Gasteiger partial charge on any atom is 0.255 e. The standard InChI is InChI=1S/C25H28F2N8O/c1-15-4-5-16(2)35(15)22-7-6-17(11-28-22)23-31-20-10-18(25(36)30-13-21(26)27)12-29-24(20)34(23)14-19-8-9-33(3)32-19/h6-12,15-16,21H,4-5,13-14H2,1-3H3,(H,30,36)/t15-,16-/m0/s1. The number of hydrogen-bond donors (Lipinski definition) is 1. The van der Waals surface area contributed by atoms with Crippen LogP contribution in [-0.4, -0.2) is 60.3 Å². The molecule has 0 unspecified atom stereocenters. The summed E-state index contributed by atoms with van der Waals surface area (Å²) < 4.78 is 28.7. The Hall–Kier alpha value is -3.89. The molecule has 0 bridgehead atoms. The molecule has 1 fully saturated rings. The number of aromatic nitrogens is 6. The third-order valence-corrected chi connectivity index (χ3v) is 6.58. The van der Waals surface area contributed by atoms with Crippen LogP contribution in [0.1, 0.15) is 42.7 Å². The number of carbonyl (C=O) groups excluding carboxylic acids is 1. The number of hydrogen-bond acceptors (Lipinski definition) is 6. The van der Waals surface area contributed by atoms with Crippen LogP contribution in [0.25, 0.3) is 22.6 Å². The molecule has 1 aliphatic heterocycles. The lowest BCUT2D eigenvalue weighted by atomic mass is 10.2. The number of rotatable bonds is 7. The molecule has 36 heavy (non-hydrogen) atoms. The van der Waals surface area contributed by atoms with Gasteiger partial charge in [-0.25, -0.2) is 23.7 Å². The SMILES string of the molecule is C[C@H]1CC[C@H](C)N1c1ccc(-c2nc3cc(C(=O)NCC(F)F)cnc3n2Cc2ccn(C)n2)cn1. The zero-order chi connectivity index (χ0) is 25.4. The Bertz CT molecular complexity index is 1370. The second-order valence-corrected chi connectivity index (χ2v) is 9.26. The first-order valence-electron chi connectivity index (χ1n) is 12.0. The number of aryl methyl sites for hydroxylation is 1. The Balaban J connectivity index is 1.53. The highest BCUT2D eigenvalue weighted by Gasteiger charge is 2.28. The molecule has 0 aromatic carbocycles. The zero-order valence-electron chi connectivity index (χ0n) is 20.4. The number of amides is 1. The number of anilines is 1. The van der Waals surface area contributed by atoms with Crippen LogP contribution in [0.15, 0.2) is 42.9 Å². The van der Waals surface area contributed by atoms with Crippen molar-refractivity contribution in [2.24, 2.45) is 7.05 Å². The molecule has 2 atom stereocenters. The summed E-state index contributed by atoms with van der Waals surface area (Å²) in [4.78, 5) is 28.6. The Morgan fingerprint density at radius 2 is 1.92 bits per heavy atom. The Kier molecular flexibility index (Phi) is 6.38. The van der Waals surface area contributed by atoms with E-state index in [1.54, 1.807) is 16.9 Å². The van der Waals surface area contributed by atoms with Gasteiger partial charge in [0.15, 0.2) is 5.65 Å². The molecule has 1 saturated heterocycles. The number of carbonyl (C=O) groups is 1. The third-order valence-electron chi connectivity index (χ3n) is 6.58. The van der Waals surface area contributed by atoms with E-state index in [4.69, 9.17) is 9.97 Å². The highest BCUT2D eigenvalue weighted by Crippen LogP contribution is 2.31. The predicted molar refractivity (Wildman–Crippen MR) is 132 cm³/mol. The third kappa shape index (κ3) is 4.65. The number of alkyl halides is 2. The average molecular weight is 495 g/mol. The smallest absolute Gasteiger partial charge is 0.255 e. The van der Waals surface area contributed by atoms with Crippen molar-refractivity contribution in [2.45, 2.75) is 51.7 Å². The van der Waals surface area contributed by atoms with Crippen molar-refractivity contribution < 1.29 is 13.6 Å². The zero-order valence-corrected chi connectivity index (χ0v) is 20.4. The van der Waals surface area contributed by atoms with Gasteiger partial charge in [-0.2, -0.15) is 5.10 Å². The van der Waals surface area contributed by atoms with Gasteiger partial charge in [-0.1, -0.05) is 0 Å². The van der Waals surface area contributed by atoms with Gasteiger partial charge in [-0.3, -0.25) is 9.48 Å². The first-order chi connectivity index (χ1) is 17.3. The second kappa shape index (κ2) is 9.63.